The molecule has 4 aromatic carbocycles. The second-order valence-electron chi connectivity index (χ2n) is 8.15. The normalized spacial score (nSPS) is 15.3. The Morgan fingerprint density at radius 3 is 2.34 bits per heavy atom. The first kappa shape index (κ1) is 19.2. The van der Waals surface area contributed by atoms with E-state index in [9.17, 15) is 4.79 Å². The summed E-state index contributed by atoms with van der Waals surface area (Å²) in [4.78, 5) is 13.2. The quantitative estimate of drug-likeness (QED) is 0.275. The Hall–Kier alpha value is -3.50. The molecule has 1 aromatic heterocycles. The van der Waals surface area contributed by atoms with Crippen LogP contribution < -0.4 is 0 Å². The van der Waals surface area contributed by atoms with Gasteiger partial charge in [-0.1, -0.05) is 82.7 Å². The fourth-order valence-electron chi connectivity index (χ4n) is 4.76. The Morgan fingerprint density at radius 1 is 0.812 bits per heavy atom. The van der Waals surface area contributed by atoms with Gasteiger partial charge < -0.3 is 0 Å². The van der Waals surface area contributed by atoms with Crippen molar-refractivity contribution in [1.29, 1.82) is 0 Å². The predicted molar refractivity (Wildman–Crippen MR) is 131 cm³/mol. The molecule has 0 aliphatic heterocycles. The highest BCUT2D eigenvalue weighted by Crippen LogP contribution is 2.43. The number of rotatable bonds is 3. The molecule has 3 nitrogen and oxygen atoms in total. The van der Waals surface area contributed by atoms with Crippen molar-refractivity contribution >= 4 is 32.5 Å². The molecule has 0 radical (unpaired) electrons. The van der Waals surface area contributed by atoms with Gasteiger partial charge in [0.25, 0.3) is 0 Å². The third-order valence-electron chi connectivity index (χ3n) is 6.26. The zero-order valence-electron chi connectivity index (χ0n) is 17.2. The van der Waals surface area contributed by atoms with E-state index in [0.29, 0.717) is 6.42 Å². The number of ketones is 1. The molecule has 1 unspecified atom stereocenters. The first-order chi connectivity index (χ1) is 15.7. The van der Waals surface area contributed by atoms with Crippen molar-refractivity contribution in [2.45, 2.75) is 12.3 Å². The van der Waals surface area contributed by atoms with Gasteiger partial charge in [0.05, 0.1) is 11.4 Å². The summed E-state index contributed by atoms with van der Waals surface area (Å²) in [6.07, 6.45) is 2.54. The molecule has 6 rings (SSSR count). The van der Waals surface area contributed by atoms with Crippen molar-refractivity contribution in [1.82, 2.24) is 9.78 Å². The van der Waals surface area contributed by atoms with E-state index in [-0.39, 0.29) is 11.7 Å². The van der Waals surface area contributed by atoms with E-state index in [1.54, 1.807) is 0 Å². The van der Waals surface area contributed by atoms with Crippen LogP contribution in [0.2, 0.25) is 0 Å². The Labute approximate surface area is 194 Å². The Kier molecular flexibility index (Phi) is 4.54. The zero-order chi connectivity index (χ0) is 21.7. The van der Waals surface area contributed by atoms with Crippen molar-refractivity contribution in [2.24, 2.45) is 0 Å². The zero-order valence-corrected chi connectivity index (χ0v) is 18.8. The summed E-state index contributed by atoms with van der Waals surface area (Å²) in [5.74, 6) is 0.144. The summed E-state index contributed by atoms with van der Waals surface area (Å²) >= 11 is 3.53. The Morgan fingerprint density at radius 2 is 1.56 bits per heavy atom. The van der Waals surface area contributed by atoms with Crippen LogP contribution in [0.25, 0.3) is 27.7 Å². The van der Waals surface area contributed by atoms with Crippen LogP contribution in [-0.4, -0.2) is 15.6 Å². The lowest BCUT2D eigenvalue weighted by Gasteiger charge is -2.25. The maximum absolute atomic E-state index is 13.2. The van der Waals surface area contributed by atoms with Crippen LogP contribution >= 0.6 is 15.9 Å². The lowest BCUT2D eigenvalue weighted by atomic mass is 9.77. The number of carbonyl (C=O) groups excluding carboxylic acids is 1. The summed E-state index contributed by atoms with van der Waals surface area (Å²) in [7, 11) is 0. The SMILES string of the molecule is O=C1CC(c2cn(-c3ccccc3)nc2-c2ccc(Br)cc2)c2cccc3cccc1c23. The topological polar surface area (TPSA) is 34.9 Å². The number of halogens is 1. The Balaban J connectivity index is 1.60. The first-order valence-corrected chi connectivity index (χ1v) is 11.4. The minimum Gasteiger partial charge on any atom is -0.294 e. The van der Waals surface area contributed by atoms with Gasteiger partial charge in [-0.15, -0.1) is 0 Å². The maximum atomic E-state index is 13.2. The van der Waals surface area contributed by atoms with Gasteiger partial charge in [0.2, 0.25) is 0 Å². The molecule has 0 amide bonds. The monoisotopic (exact) mass is 478 g/mol. The van der Waals surface area contributed by atoms with Gasteiger partial charge in [-0.05, 0) is 40.6 Å². The van der Waals surface area contributed by atoms with Crippen molar-refractivity contribution < 1.29 is 4.79 Å². The third kappa shape index (κ3) is 3.10. The van der Waals surface area contributed by atoms with Crippen molar-refractivity contribution in [2.75, 3.05) is 0 Å². The van der Waals surface area contributed by atoms with Crippen LogP contribution in [0.5, 0.6) is 0 Å². The second-order valence-corrected chi connectivity index (χ2v) is 9.07. The van der Waals surface area contributed by atoms with E-state index in [1.807, 2.05) is 59.3 Å². The largest absolute Gasteiger partial charge is 0.294 e. The van der Waals surface area contributed by atoms with Gasteiger partial charge >= 0.3 is 0 Å². The van der Waals surface area contributed by atoms with E-state index >= 15 is 0 Å². The lowest BCUT2D eigenvalue weighted by Crippen LogP contribution is -2.16. The number of hydrogen-bond donors (Lipinski definition) is 0. The highest BCUT2D eigenvalue weighted by atomic mass is 79.9. The molecule has 154 valence electrons. The van der Waals surface area contributed by atoms with E-state index in [0.717, 1.165) is 43.3 Å². The lowest BCUT2D eigenvalue weighted by molar-refractivity contribution is 0.0976. The van der Waals surface area contributed by atoms with Crippen molar-refractivity contribution in [3.05, 3.63) is 118 Å². The smallest absolute Gasteiger partial charge is 0.164 e. The summed E-state index contributed by atoms with van der Waals surface area (Å²) in [5.41, 5.74) is 6.05. The van der Waals surface area contributed by atoms with Crippen LogP contribution in [0.4, 0.5) is 0 Å². The molecule has 0 saturated heterocycles. The number of carbonyl (C=O) groups is 1. The van der Waals surface area contributed by atoms with Gasteiger partial charge in [0.15, 0.2) is 5.78 Å². The van der Waals surface area contributed by atoms with Crippen LogP contribution in [0.3, 0.4) is 0 Å². The average Bonchev–Trinajstić information content (AvgIpc) is 3.28. The average molecular weight is 479 g/mol. The summed E-state index contributed by atoms with van der Waals surface area (Å²) < 4.78 is 2.95. The van der Waals surface area contributed by atoms with Gasteiger partial charge in [-0.25, -0.2) is 4.68 Å². The number of aromatic nitrogens is 2. The van der Waals surface area contributed by atoms with Crippen LogP contribution in [0.1, 0.15) is 33.8 Å². The molecule has 5 aromatic rings. The van der Waals surface area contributed by atoms with Crippen LogP contribution in [0, 0.1) is 0 Å². The maximum Gasteiger partial charge on any atom is 0.164 e. The van der Waals surface area contributed by atoms with Gasteiger partial charge in [0, 0.05) is 39.7 Å². The molecule has 0 bridgehead atoms. The molecule has 1 heterocycles. The van der Waals surface area contributed by atoms with Crippen LogP contribution in [-0.2, 0) is 0 Å². The number of hydrogen-bond acceptors (Lipinski definition) is 2. The van der Waals surface area contributed by atoms with E-state index in [2.05, 4.69) is 58.5 Å². The van der Waals surface area contributed by atoms with E-state index < -0.39 is 0 Å². The second kappa shape index (κ2) is 7.57. The molecule has 1 atom stereocenters. The molecule has 1 aliphatic carbocycles. The van der Waals surface area contributed by atoms with Gasteiger partial charge in [0.1, 0.15) is 0 Å². The molecule has 32 heavy (non-hydrogen) atoms. The molecular weight excluding hydrogens is 460 g/mol. The fraction of sp³-hybridized carbons (Fsp3) is 0.0714. The number of para-hydroxylation sites is 1. The molecule has 0 N–H and O–H groups in total. The van der Waals surface area contributed by atoms with Crippen LogP contribution in [0.15, 0.2) is 102 Å². The summed E-state index contributed by atoms with van der Waals surface area (Å²) in [5, 5.41) is 7.17. The molecule has 0 saturated carbocycles. The van der Waals surface area contributed by atoms with Crippen molar-refractivity contribution in [3.63, 3.8) is 0 Å². The van der Waals surface area contributed by atoms with Gasteiger partial charge in [-0.2, -0.15) is 5.10 Å². The first-order valence-electron chi connectivity index (χ1n) is 10.6. The Bertz CT molecular complexity index is 1460. The number of benzene rings is 4. The molecular formula is C28H19BrN2O. The molecule has 0 spiro atoms. The van der Waals surface area contributed by atoms with E-state index in [1.165, 1.54) is 5.56 Å². The number of Topliss-reactive ketones (excluding diaryl/α,β-unsaturated/α-hetero) is 1. The minimum absolute atomic E-state index is 0.0443. The summed E-state index contributed by atoms with van der Waals surface area (Å²) in [6, 6.07) is 30.7. The predicted octanol–water partition coefficient (Wildman–Crippen LogP) is 7.17. The molecule has 1 aliphatic rings. The van der Waals surface area contributed by atoms with Crippen molar-refractivity contribution in [3.8, 4) is 16.9 Å². The minimum atomic E-state index is -0.0443. The highest BCUT2D eigenvalue weighted by Gasteiger charge is 2.31. The highest BCUT2D eigenvalue weighted by molar-refractivity contribution is 9.10. The molecule has 0 fully saturated rings. The fourth-order valence-corrected chi connectivity index (χ4v) is 5.03. The van der Waals surface area contributed by atoms with E-state index in [4.69, 9.17) is 5.10 Å². The summed E-state index contributed by atoms with van der Waals surface area (Å²) in [6.45, 7) is 0. The third-order valence-corrected chi connectivity index (χ3v) is 6.79. The number of nitrogens with zero attached hydrogens (tertiary/aromatic N) is 2. The molecule has 4 heteroatoms. The van der Waals surface area contributed by atoms with Gasteiger partial charge in [-0.3, -0.25) is 4.79 Å². The standard InChI is InChI=1S/C28H19BrN2O/c29-20-14-12-19(13-15-20)28-25(17-31(30-28)21-8-2-1-3-9-21)24-16-26(32)23-11-5-7-18-6-4-10-22(24)27(18)23/h1-15,17,24H,16H2.